The van der Waals surface area contributed by atoms with Crippen LogP contribution in [0.25, 0.3) is 10.9 Å². The maximum atomic E-state index is 13.5. The number of fused-ring (bicyclic) bond motifs is 1. The van der Waals surface area contributed by atoms with Gasteiger partial charge in [-0.25, -0.2) is 0 Å². The minimum atomic E-state index is -0.491. The van der Waals surface area contributed by atoms with Crippen molar-refractivity contribution < 1.29 is 14.3 Å². The van der Waals surface area contributed by atoms with Gasteiger partial charge in [0.2, 0.25) is 0 Å². The zero-order valence-corrected chi connectivity index (χ0v) is 18.3. The third kappa shape index (κ3) is 3.73. The summed E-state index contributed by atoms with van der Waals surface area (Å²) in [5, 5.41) is 1.75. The number of ether oxygens (including phenoxy) is 2. The van der Waals surface area contributed by atoms with E-state index >= 15 is 0 Å². The molecule has 1 aromatic heterocycles. The van der Waals surface area contributed by atoms with Crippen LogP contribution in [-0.4, -0.2) is 47.9 Å². The Hall–Kier alpha value is -1.99. The molecule has 2 aliphatic heterocycles. The number of likely N-dealkylation sites (tertiary alicyclic amines) is 1. The van der Waals surface area contributed by atoms with Gasteiger partial charge in [0.1, 0.15) is 5.69 Å². The lowest BCUT2D eigenvalue weighted by atomic mass is 10.0. The van der Waals surface area contributed by atoms with Gasteiger partial charge in [-0.15, -0.1) is 0 Å². The molecule has 0 aliphatic carbocycles. The number of hydrogen-bond donors (Lipinski definition) is 1. The Kier molecular flexibility index (Phi) is 5.27. The molecule has 1 spiro atoms. The molecule has 7 heteroatoms. The summed E-state index contributed by atoms with van der Waals surface area (Å²) in [6.07, 6.45) is 1.41. The first-order valence-corrected chi connectivity index (χ1v) is 11.4. The molecule has 1 N–H and O–H groups in total. The van der Waals surface area contributed by atoms with Gasteiger partial charge in [0.05, 0.1) is 18.1 Å². The Labute approximate surface area is 184 Å². The number of amides is 1. The molecule has 0 saturated carbocycles. The van der Waals surface area contributed by atoms with Crippen LogP contribution < -0.4 is 0 Å². The number of rotatable bonds is 3. The van der Waals surface area contributed by atoms with Crippen LogP contribution in [0, 0.1) is 6.92 Å². The third-order valence-electron chi connectivity index (χ3n) is 5.78. The summed E-state index contributed by atoms with van der Waals surface area (Å²) in [4.78, 5) is 20.8. The Morgan fingerprint density at radius 2 is 1.80 bits per heavy atom. The molecular weight excluding hydrogens is 420 g/mol. The zero-order valence-electron chi connectivity index (χ0n) is 16.7. The highest BCUT2D eigenvalue weighted by Gasteiger charge is 2.41. The van der Waals surface area contributed by atoms with Gasteiger partial charge in [0.15, 0.2) is 5.79 Å². The van der Waals surface area contributed by atoms with Crippen molar-refractivity contribution in [1.82, 2.24) is 9.88 Å². The predicted molar refractivity (Wildman–Crippen MR) is 118 cm³/mol. The van der Waals surface area contributed by atoms with Crippen molar-refractivity contribution in [2.24, 2.45) is 0 Å². The number of aryl methyl sites for hydroxylation is 1. The van der Waals surface area contributed by atoms with Gasteiger partial charge in [-0.3, -0.25) is 4.79 Å². The molecule has 2 aromatic carbocycles. The molecule has 2 aliphatic rings. The Bertz CT molecular complexity index is 1080. The lowest BCUT2D eigenvalue weighted by Crippen LogP contribution is -2.47. The van der Waals surface area contributed by atoms with Crippen molar-refractivity contribution in [3.8, 4) is 0 Å². The highest BCUT2D eigenvalue weighted by Crippen LogP contribution is 2.39. The smallest absolute Gasteiger partial charge is 0.271 e. The van der Waals surface area contributed by atoms with E-state index in [9.17, 15) is 4.79 Å². The van der Waals surface area contributed by atoms with Gasteiger partial charge >= 0.3 is 0 Å². The monoisotopic (exact) mass is 442 g/mol. The summed E-state index contributed by atoms with van der Waals surface area (Å²) in [7, 11) is 0. The van der Waals surface area contributed by atoms with Gasteiger partial charge in [-0.05, 0) is 42.8 Å². The summed E-state index contributed by atoms with van der Waals surface area (Å²) in [6, 6.07) is 14.0. The fourth-order valence-corrected chi connectivity index (χ4v) is 5.32. The number of halogens is 1. The standard InChI is InChI=1S/C23H23ClN2O3S/c1-15-2-7-18-19(14-15)25-20(21(18)30-17-5-3-16(24)4-6-17)22(27)26-10-8-23(9-11-26)28-12-13-29-23/h2-7,14,25H,8-13H2,1H3. The second-order valence-electron chi connectivity index (χ2n) is 7.83. The Morgan fingerprint density at radius 1 is 1.10 bits per heavy atom. The molecule has 156 valence electrons. The van der Waals surface area contributed by atoms with Crippen molar-refractivity contribution in [2.75, 3.05) is 26.3 Å². The van der Waals surface area contributed by atoms with Crippen molar-refractivity contribution >= 4 is 40.2 Å². The van der Waals surface area contributed by atoms with E-state index in [1.165, 1.54) is 0 Å². The first-order chi connectivity index (χ1) is 14.5. The van der Waals surface area contributed by atoms with Crippen LogP contribution in [0.2, 0.25) is 5.02 Å². The molecule has 3 aromatic rings. The van der Waals surface area contributed by atoms with Gasteiger partial charge in [-0.2, -0.15) is 0 Å². The van der Waals surface area contributed by atoms with Crippen molar-refractivity contribution in [3.63, 3.8) is 0 Å². The van der Waals surface area contributed by atoms with E-state index in [1.54, 1.807) is 11.8 Å². The number of hydrogen-bond acceptors (Lipinski definition) is 4. The van der Waals surface area contributed by atoms with Crippen LogP contribution in [0.15, 0.2) is 52.3 Å². The van der Waals surface area contributed by atoms with Gasteiger partial charge in [0, 0.05) is 46.8 Å². The van der Waals surface area contributed by atoms with Crippen LogP contribution in [-0.2, 0) is 9.47 Å². The lowest BCUT2D eigenvalue weighted by Gasteiger charge is -2.37. The molecule has 0 atom stereocenters. The van der Waals surface area contributed by atoms with E-state index in [-0.39, 0.29) is 5.91 Å². The van der Waals surface area contributed by atoms with Gasteiger partial charge in [0.25, 0.3) is 5.91 Å². The van der Waals surface area contributed by atoms with E-state index in [0.717, 1.165) is 26.3 Å². The largest absolute Gasteiger partial charge is 0.350 e. The zero-order chi connectivity index (χ0) is 20.7. The second-order valence-corrected chi connectivity index (χ2v) is 9.35. The number of benzene rings is 2. The van der Waals surface area contributed by atoms with Crippen LogP contribution in [0.3, 0.4) is 0 Å². The van der Waals surface area contributed by atoms with E-state index in [1.807, 2.05) is 29.2 Å². The fraction of sp³-hybridized carbons (Fsp3) is 0.348. The molecule has 0 unspecified atom stereocenters. The minimum Gasteiger partial charge on any atom is -0.350 e. The predicted octanol–water partition coefficient (Wildman–Crippen LogP) is 5.26. The minimum absolute atomic E-state index is 0.0214. The first-order valence-electron chi connectivity index (χ1n) is 10.2. The second kappa shape index (κ2) is 7.93. The van der Waals surface area contributed by atoms with Gasteiger partial charge in [-0.1, -0.05) is 35.5 Å². The molecule has 2 saturated heterocycles. The Balaban J connectivity index is 1.46. The maximum Gasteiger partial charge on any atom is 0.271 e. The van der Waals surface area contributed by atoms with E-state index in [2.05, 4.69) is 30.1 Å². The molecule has 5 nitrogen and oxygen atoms in total. The molecule has 2 fully saturated rings. The first kappa shape index (κ1) is 19.9. The highest BCUT2D eigenvalue weighted by atomic mass is 35.5. The number of aromatic amines is 1. The van der Waals surface area contributed by atoms with Crippen molar-refractivity contribution in [2.45, 2.75) is 35.3 Å². The summed E-state index contributed by atoms with van der Waals surface area (Å²) < 4.78 is 11.6. The number of carbonyl (C=O) groups excluding carboxylic acids is 1. The molecule has 0 bridgehead atoms. The molecule has 0 radical (unpaired) electrons. The molecule has 3 heterocycles. The van der Waals surface area contributed by atoms with Crippen LogP contribution in [0.1, 0.15) is 28.9 Å². The number of nitrogens with zero attached hydrogens (tertiary/aromatic N) is 1. The number of aromatic nitrogens is 1. The maximum absolute atomic E-state index is 13.5. The number of piperidine rings is 1. The summed E-state index contributed by atoms with van der Waals surface area (Å²) in [5.74, 6) is -0.469. The third-order valence-corrected chi connectivity index (χ3v) is 7.17. The normalized spacial score (nSPS) is 18.4. The van der Waals surface area contributed by atoms with Crippen molar-refractivity contribution in [3.05, 3.63) is 58.7 Å². The highest BCUT2D eigenvalue weighted by molar-refractivity contribution is 7.99. The van der Waals surface area contributed by atoms with Crippen LogP contribution in [0.5, 0.6) is 0 Å². The lowest BCUT2D eigenvalue weighted by molar-refractivity contribution is -0.181. The van der Waals surface area contributed by atoms with Gasteiger partial charge < -0.3 is 19.4 Å². The molecule has 1 amide bonds. The van der Waals surface area contributed by atoms with E-state index < -0.39 is 5.79 Å². The number of carbonyl (C=O) groups is 1. The number of H-pyrrole nitrogens is 1. The Morgan fingerprint density at radius 3 is 2.50 bits per heavy atom. The van der Waals surface area contributed by atoms with Crippen LogP contribution >= 0.6 is 23.4 Å². The molecule has 5 rings (SSSR count). The van der Waals surface area contributed by atoms with E-state index in [4.69, 9.17) is 21.1 Å². The topological polar surface area (TPSA) is 54.6 Å². The average Bonchev–Trinajstić information content (AvgIpc) is 3.34. The average molecular weight is 443 g/mol. The summed E-state index contributed by atoms with van der Waals surface area (Å²) >= 11 is 7.63. The fourth-order valence-electron chi connectivity index (χ4n) is 4.16. The summed E-state index contributed by atoms with van der Waals surface area (Å²) in [5.41, 5.74) is 2.77. The molecule has 30 heavy (non-hydrogen) atoms. The van der Waals surface area contributed by atoms with Crippen molar-refractivity contribution in [1.29, 1.82) is 0 Å². The SMILES string of the molecule is Cc1ccc2c(Sc3ccc(Cl)cc3)c(C(=O)N3CCC4(CC3)OCCO4)[nH]c2c1. The van der Waals surface area contributed by atoms with E-state index in [0.29, 0.717) is 49.9 Å². The molecular formula is C23H23ClN2O3S. The quantitative estimate of drug-likeness (QED) is 0.601. The number of nitrogens with one attached hydrogen (secondary N) is 1. The van der Waals surface area contributed by atoms with Crippen LogP contribution in [0.4, 0.5) is 0 Å². The summed E-state index contributed by atoms with van der Waals surface area (Å²) in [6.45, 7) is 4.57.